The van der Waals surface area contributed by atoms with Crippen molar-refractivity contribution >= 4 is 13.3 Å². The van der Waals surface area contributed by atoms with Crippen LogP contribution in [0, 0.1) is 5.92 Å². The molecule has 3 atom stereocenters. The second kappa shape index (κ2) is 5.77. The molecule has 122 valence electrons. The average molecular weight is 319 g/mol. The summed E-state index contributed by atoms with van der Waals surface area (Å²) in [5, 5.41) is 1.53. The van der Waals surface area contributed by atoms with Crippen molar-refractivity contribution in [2.45, 2.75) is 70.1 Å². The molecule has 0 N–H and O–H groups in total. The molecule has 3 rings (SSSR count). The largest absolute Gasteiger partial charge is 0.347 e. The molecule has 2 aliphatic heterocycles. The van der Waals surface area contributed by atoms with Crippen molar-refractivity contribution in [2.75, 3.05) is 6.61 Å². The van der Waals surface area contributed by atoms with Gasteiger partial charge < -0.3 is 9.47 Å². The number of benzene rings is 1. The summed E-state index contributed by atoms with van der Waals surface area (Å²) in [7, 11) is -1.53. The van der Waals surface area contributed by atoms with Gasteiger partial charge in [0.05, 0.1) is 20.3 Å². The maximum Gasteiger partial charge on any atom is 0.166 e. The van der Waals surface area contributed by atoms with Gasteiger partial charge in [-0.1, -0.05) is 68.4 Å². The van der Waals surface area contributed by atoms with Crippen LogP contribution in [0.3, 0.4) is 0 Å². The Morgan fingerprint density at radius 1 is 1.23 bits per heavy atom. The van der Waals surface area contributed by atoms with Crippen LogP contribution in [-0.4, -0.2) is 26.1 Å². The van der Waals surface area contributed by atoms with Crippen molar-refractivity contribution in [3.8, 4) is 0 Å². The van der Waals surface area contributed by atoms with Crippen molar-refractivity contribution in [3.63, 3.8) is 0 Å². The lowest BCUT2D eigenvalue weighted by molar-refractivity contribution is -0.136. The Labute approximate surface area is 136 Å². The Balaban J connectivity index is 1.82. The second-order valence-corrected chi connectivity index (χ2v) is 12.8. The van der Waals surface area contributed by atoms with E-state index in [1.165, 1.54) is 30.5 Å². The fraction of sp³-hybridized carbons (Fsp3) is 0.684. The highest BCUT2D eigenvalue weighted by Crippen LogP contribution is 2.54. The predicted molar refractivity (Wildman–Crippen MR) is 94.2 cm³/mol. The second-order valence-electron chi connectivity index (χ2n) is 8.06. The fourth-order valence-electron chi connectivity index (χ4n) is 4.49. The van der Waals surface area contributed by atoms with Gasteiger partial charge in [-0.3, -0.25) is 0 Å². The van der Waals surface area contributed by atoms with E-state index in [1.54, 1.807) is 0 Å². The van der Waals surface area contributed by atoms with E-state index in [4.69, 9.17) is 9.47 Å². The van der Waals surface area contributed by atoms with E-state index in [-0.39, 0.29) is 11.4 Å². The number of hydrogen-bond donors (Lipinski definition) is 0. The first kappa shape index (κ1) is 16.2. The zero-order chi connectivity index (χ0) is 15.8. The summed E-state index contributed by atoms with van der Waals surface area (Å²) in [6.45, 7) is 10.2. The summed E-state index contributed by atoms with van der Waals surface area (Å²) in [6, 6.07) is 12.2. The van der Waals surface area contributed by atoms with E-state index < -0.39 is 8.07 Å². The molecule has 0 aromatic heterocycles. The van der Waals surface area contributed by atoms with Crippen LogP contribution in [0.1, 0.15) is 39.5 Å². The molecule has 0 unspecified atom stereocenters. The first-order valence-corrected chi connectivity index (χ1v) is 12.0. The SMILES string of the molecule is CCCC[C@@H]1C[C@]2(C)OC[C@@]1(C[Si](C)(C)c1ccccc1)O2. The number of rotatable bonds is 6. The van der Waals surface area contributed by atoms with Crippen LogP contribution >= 0.6 is 0 Å². The smallest absolute Gasteiger partial charge is 0.166 e. The highest BCUT2D eigenvalue weighted by molar-refractivity contribution is 6.90. The van der Waals surface area contributed by atoms with Crippen LogP contribution < -0.4 is 5.19 Å². The van der Waals surface area contributed by atoms with E-state index in [1.807, 2.05) is 0 Å². The van der Waals surface area contributed by atoms with Gasteiger partial charge >= 0.3 is 0 Å². The lowest BCUT2D eigenvalue weighted by atomic mass is 9.82. The highest BCUT2D eigenvalue weighted by Gasteiger charge is 2.61. The minimum Gasteiger partial charge on any atom is -0.347 e. The van der Waals surface area contributed by atoms with Crippen molar-refractivity contribution < 1.29 is 9.47 Å². The van der Waals surface area contributed by atoms with E-state index >= 15 is 0 Å². The third kappa shape index (κ3) is 2.91. The topological polar surface area (TPSA) is 18.5 Å². The van der Waals surface area contributed by atoms with Crippen LogP contribution in [-0.2, 0) is 9.47 Å². The molecule has 2 fully saturated rings. The molecular formula is C19H30O2Si. The monoisotopic (exact) mass is 318 g/mol. The fourth-order valence-corrected chi connectivity index (χ4v) is 7.74. The maximum atomic E-state index is 6.53. The summed E-state index contributed by atoms with van der Waals surface area (Å²) in [4.78, 5) is 0. The van der Waals surface area contributed by atoms with E-state index in [9.17, 15) is 0 Å². The molecule has 2 nitrogen and oxygen atoms in total. The van der Waals surface area contributed by atoms with Crippen LogP contribution in [0.15, 0.2) is 30.3 Å². The molecule has 0 spiro atoms. The Bertz CT molecular complexity index is 515. The number of hydrogen-bond acceptors (Lipinski definition) is 2. The molecule has 0 aliphatic carbocycles. The molecule has 0 amide bonds. The molecular weight excluding hydrogens is 288 g/mol. The van der Waals surface area contributed by atoms with Gasteiger partial charge in [0, 0.05) is 6.42 Å². The first-order chi connectivity index (χ1) is 10.4. The average Bonchev–Trinajstić information content (AvgIpc) is 2.95. The van der Waals surface area contributed by atoms with Crippen LogP contribution in [0.25, 0.3) is 0 Å². The molecule has 2 aliphatic rings. The zero-order valence-corrected chi connectivity index (χ0v) is 15.5. The van der Waals surface area contributed by atoms with Crippen molar-refractivity contribution in [2.24, 2.45) is 5.92 Å². The Kier molecular flexibility index (Phi) is 4.26. The normalized spacial score (nSPS) is 34.3. The van der Waals surface area contributed by atoms with E-state index in [0.29, 0.717) is 5.92 Å². The third-order valence-corrected chi connectivity index (χ3v) is 8.98. The summed E-state index contributed by atoms with van der Waals surface area (Å²) in [6.07, 6.45) is 4.93. The molecule has 0 saturated carbocycles. The lowest BCUT2D eigenvalue weighted by Gasteiger charge is -2.38. The zero-order valence-electron chi connectivity index (χ0n) is 14.5. The van der Waals surface area contributed by atoms with Crippen LogP contribution in [0.4, 0.5) is 0 Å². The van der Waals surface area contributed by atoms with Gasteiger partial charge in [-0.25, -0.2) is 0 Å². The van der Waals surface area contributed by atoms with Gasteiger partial charge in [0.15, 0.2) is 5.79 Å². The minimum absolute atomic E-state index is 0.0323. The molecule has 1 aromatic rings. The number of ether oxygens (including phenoxy) is 2. The Hall–Kier alpha value is -0.643. The Morgan fingerprint density at radius 3 is 2.59 bits per heavy atom. The van der Waals surface area contributed by atoms with Crippen LogP contribution in [0.2, 0.25) is 19.1 Å². The quantitative estimate of drug-likeness (QED) is 0.728. The van der Waals surface area contributed by atoms with Gasteiger partial charge in [-0.05, 0) is 25.3 Å². The minimum atomic E-state index is -1.53. The molecule has 0 radical (unpaired) electrons. The lowest BCUT2D eigenvalue weighted by Crippen LogP contribution is -2.51. The van der Waals surface area contributed by atoms with Crippen molar-refractivity contribution in [3.05, 3.63) is 30.3 Å². The van der Waals surface area contributed by atoms with Crippen molar-refractivity contribution in [1.82, 2.24) is 0 Å². The summed E-state index contributed by atoms with van der Waals surface area (Å²) >= 11 is 0. The number of fused-ring (bicyclic) bond motifs is 2. The predicted octanol–water partition coefficient (Wildman–Crippen LogP) is 4.31. The van der Waals surface area contributed by atoms with E-state index in [2.05, 4.69) is 57.3 Å². The third-order valence-electron chi connectivity index (χ3n) is 5.60. The summed E-state index contributed by atoms with van der Waals surface area (Å²) in [5.41, 5.74) is -0.0323. The van der Waals surface area contributed by atoms with Gasteiger partial charge in [-0.2, -0.15) is 0 Å². The highest BCUT2D eigenvalue weighted by atomic mass is 28.3. The summed E-state index contributed by atoms with van der Waals surface area (Å²) < 4.78 is 12.6. The standard InChI is InChI=1S/C19H30O2Si/c1-5-6-10-16-13-18(2)20-14-19(16,21-18)15-22(3,4)17-11-8-7-9-12-17/h7-9,11-12,16H,5-6,10,13-15H2,1-4H3/t16-,18-,19+/m1/s1. The first-order valence-electron chi connectivity index (χ1n) is 8.79. The van der Waals surface area contributed by atoms with Gasteiger partial charge in [0.25, 0.3) is 0 Å². The van der Waals surface area contributed by atoms with Gasteiger partial charge in [0.2, 0.25) is 0 Å². The van der Waals surface area contributed by atoms with E-state index in [0.717, 1.165) is 13.0 Å². The molecule has 2 saturated heterocycles. The number of unbranched alkanes of at least 4 members (excludes halogenated alkanes) is 1. The summed E-state index contributed by atoms with van der Waals surface area (Å²) in [5.74, 6) is 0.348. The Morgan fingerprint density at radius 2 is 1.95 bits per heavy atom. The van der Waals surface area contributed by atoms with Gasteiger partial charge in [0.1, 0.15) is 0 Å². The molecule has 22 heavy (non-hydrogen) atoms. The van der Waals surface area contributed by atoms with Crippen LogP contribution in [0.5, 0.6) is 0 Å². The molecule has 2 heterocycles. The maximum absolute atomic E-state index is 6.53. The molecule has 1 aromatic carbocycles. The van der Waals surface area contributed by atoms with Crippen molar-refractivity contribution in [1.29, 1.82) is 0 Å². The molecule has 3 heteroatoms. The molecule has 2 bridgehead atoms. The van der Waals surface area contributed by atoms with Gasteiger partial charge in [-0.15, -0.1) is 0 Å².